The summed E-state index contributed by atoms with van der Waals surface area (Å²) in [5, 5.41) is 0. The second kappa shape index (κ2) is 5.09. The van der Waals surface area contributed by atoms with Gasteiger partial charge in [-0.15, -0.1) is 0 Å². The summed E-state index contributed by atoms with van der Waals surface area (Å²) in [4.78, 5) is 12.8. The standard InChI is InChI=1S/C14H21N5/c1-2-5-18-6-8-19(9-7-18)14-16-12-4-3-11(15)10-13(12)17-14/h3-4,10H,2,5-9,15H2,1H3,(H,16,17). The Balaban J connectivity index is 1.74. The Hall–Kier alpha value is -1.75. The predicted octanol–water partition coefficient (Wildman–Crippen LogP) is 1.68. The topological polar surface area (TPSA) is 61.2 Å². The number of aromatic nitrogens is 2. The van der Waals surface area contributed by atoms with Crippen molar-refractivity contribution in [1.82, 2.24) is 14.9 Å². The highest BCUT2D eigenvalue weighted by molar-refractivity contribution is 5.80. The molecule has 0 spiro atoms. The van der Waals surface area contributed by atoms with Crippen molar-refractivity contribution in [3.63, 3.8) is 0 Å². The highest BCUT2D eigenvalue weighted by Gasteiger charge is 2.18. The van der Waals surface area contributed by atoms with Gasteiger partial charge in [-0.2, -0.15) is 0 Å². The Morgan fingerprint density at radius 3 is 2.79 bits per heavy atom. The predicted molar refractivity (Wildman–Crippen MR) is 79.5 cm³/mol. The van der Waals surface area contributed by atoms with Crippen molar-refractivity contribution in [2.24, 2.45) is 0 Å². The molecule has 0 unspecified atom stereocenters. The lowest BCUT2D eigenvalue weighted by atomic mass is 10.3. The quantitative estimate of drug-likeness (QED) is 0.823. The van der Waals surface area contributed by atoms with Crippen LogP contribution in [0.3, 0.4) is 0 Å². The fraction of sp³-hybridized carbons (Fsp3) is 0.500. The third-order valence-corrected chi connectivity index (χ3v) is 3.71. The maximum atomic E-state index is 5.80. The van der Waals surface area contributed by atoms with Gasteiger partial charge in [0.05, 0.1) is 11.0 Å². The molecule has 2 aromatic rings. The van der Waals surface area contributed by atoms with E-state index in [4.69, 9.17) is 5.73 Å². The zero-order chi connectivity index (χ0) is 13.2. The minimum Gasteiger partial charge on any atom is -0.399 e. The van der Waals surface area contributed by atoms with E-state index in [0.717, 1.165) is 48.8 Å². The maximum absolute atomic E-state index is 5.80. The van der Waals surface area contributed by atoms with Crippen molar-refractivity contribution in [2.45, 2.75) is 13.3 Å². The number of nitrogens with two attached hydrogens (primary N) is 1. The van der Waals surface area contributed by atoms with Crippen molar-refractivity contribution in [1.29, 1.82) is 0 Å². The average Bonchev–Trinajstić information content (AvgIpc) is 2.83. The lowest BCUT2D eigenvalue weighted by Crippen LogP contribution is -2.46. The first-order valence-electron chi connectivity index (χ1n) is 6.99. The van der Waals surface area contributed by atoms with Gasteiger partial charge in [0.1, 0.15) is 0 Å². The smallest absolute Gasteiger partial charge is 0.203 e. The Morgan fingerprint density at radius 2 is 2.05 bits per heavy atom. The average molecular weight is 259 g/mol. The number of nitrogen functional groups attached to an aromatic ring is 1. The van der Waals surface area contributed by atoms with Crippen LogP contribution >= 0.6 is 0 Å². The van der Waals surface area contributed by atoms with Crippen LogP contribution in [0.1, 0.15) is 13.3 Å². The summed E-state index contributed by atoms with van der Waals surface area (Å²) in [6, 6.07) is 5.81. The number of fused-ring (bicyclic) bond motifs is 1. The molecule has 1 aliphatic heterocycles. The first-order chi connectivity index (χ1) is 9.26. The Kier molecular flexibility index (Phi) is 3.29. The SMILES string of the molecule is CCCN1CCN(c2nc3ccc(N)cc3[nH]2)CC1. The van der Waals surface area contributed by atoms with E-state index in [9.17, 15) is 0 Å². The summed E-state index contributed by atoms with van der Waals surface area (Å²) in [7, 11) is 0. The molecule has 2 heterocycles. The molecule has 0 saturated carbocycles. The molecule has 1 fully saturated rings. The Bertz CT molecular complexity index is 554. The van der Waals surface area contributed by atoms with Crippen molar-refractivity contribution >= 4 is 22.7 Å². The van der Waals surface area contributed by atoms with Crippen molar-refractivity contribution in [3.05, 3.63) is 18.2 Å². The number of anilines is 2. The third kappa shape index (κ3) is 2.51. The minimum atomic E-state index is 0.774. The molecule has 5 heteroatoms. The van der Waals surface area contributed by atoms with Crippen LogP contribution in [0.4, 0.5) is 11.6 Å². The van der Waals surface area contributed by atoms with Gasteiger partial charge in [0.2, 0.25) is 5.95 Å². The molecule has 0 radical (unpaired) electrons. The molecule has 0 atom stereocenters. The van der Waals surface area contributed by atoms with Gasteiger partial charge in [0, 0.05) is 31.9 Å². The summed E-state index contributed by atoms with van der Waals surface area (Å²) in [6.45, 7) is 7.74. The number of nitrogens with one attached hydrogen (secondary N) is 1. The summed E-state index contributed by atoms with van der Waals surface area (Å²) in [5.41, 5.74) is 8.57. The molecule has 0 aliphatic carbocycles. The Labute approximate surface area is 113 Å². The molecule has 0 amide bonds. The highest BCUT2D eigenvalue weighted by atomic mass is 15.3. The number of aromatic amines is 1. The number of imidazole rings is 1. The van der Waals surface area contributed by atoms with Gasteiger partial charge >= 0.3 is 0 Å². The molecule has 1 aliphatic rings. The van der Waals surface area contributed by atoms with Gasteiger partial charge in [0.25, 0.3) is 0 Å². The molecule has 3 rings (SSSR count). The van der Waals surface area contributed by atoms with Gasteiger partial charge < -0.3 is 15.6 Å². The number of hydrogen-bond acceptors (Lipinski definition) is 4. The summed E-state index contributed by atoms with van der Waals surface area (Å²) >= 11 is 0. The number of nitrogens with zero attached hydrogens (tertiary/aromatic N) is 3. The van der Waals surface area contributed by atoms with Crippen LogP contribution in [0.25, 0.3) is 11.0 Å². The van der Waals surface area contributed by atoms with E-state index in [0.29, 0.717) is 0 Å². The van der Waals surface area contributed by atoms with Gasteiger partial charge in [-0.05, 0) is 31.2 Å². The number of rotatable bonds is 3. The fourth-order valence-corrected chi connectivity index (χ4v) is 2.66. The van der Waals surface area contributed by atoms with E-state index < -0.39 is 0 Å². The van der Waals surface area contributed by atoms with Crippen LogP contribution in [0, 0.1) is 0 Å². The lowest BCUT2D eigenvalue weighted by Gasteiger charge is -2.34. The van der Waals surface area contributed by atoms with Crippen LogP contribution in [0.2, 0.25) is 0 Å². The van der Waals surface area contributed by atoms with Crippen LogP contribution in [0.5, 0.6) is 0 Å². The van der Waals surface area contributed by atoms with Crippen LogP contribution in [-0.4, -0.2) is 47.6 Å². The molecule has 1 aromatic carbocycles. The van der Waals surface area contributed by atoms with Crippen LogP contribution in [0.15, 0.2) is 18.2 Å². The van der Waals surface area contributed by atoms with Crippen molar-refractivity contribution in [3.8, 4) is 0 Å². The van der Waals surface area contributed by atoms with Gasteiger partial charge in [-0.25, -0.2) is 4.98 Å². The first-order valence-corrected chi connectivity index (χ1v) is 6.99. The van der Waals surface area contributed by atoms with Crippen molar-refractivity contribution in [2.75, 3.05) is 43.4 Å². The number of benzene rings is 1. The van der Waals surface area contributed by atoms with Crippen LogP contribution < -0.4 is 10.6 Å². The summed E-state index contributed by atoms with van der Waals surface area (Å²) < 4.78 is 0. The third-order valence-electron chi connectivity index (χ3n) is 3.71. The minimum absolute atomic E-state index is 0.774. The number of piperazine rings is 1. The molecule has 102 valence electrons. The second-order valence-electron chi connectivity index (χ2n) is 5.17. The first kappa shape index (κ1) is 12.3. The maximum Gasteiger partial charge on any atom is 0.203 e. The normalized spacial score (nSPS) is 17.2. The zero-order valence-corrected chi connectivity index (χ0v) is 11.4. The Morgan fingerprint density at radius 1 is 1.26 bits per heavy atom. The molecular formula is C14H21N5. The molecule has 1 aromatic heterocycles. The van der Waals surface area contributed by atoms with Crippen LogP contribution in [-0.2, 0) is 0 Å². The largest absolute Gasteiger partial charge is 0.399 e. The van der Waals surface area contributed by atoms with Gasteiger partial charge in [0.15, 0.2) is 0 Å². The van der Waals surface area contributed by atoms with E-state index in [1.54, 1.807) is 0 Å². The number of hydrogen-bond donors (Lipinski definition) is 2. The lowest BCUT2D eigenvalue weighted by molar-refractivity contribution is 0.257. The highest BCUT2D eigenvalue weighted by Crippen LogP contribution is 2.20. The molecule has 0 bridgehead atoms. The monoisotopic (exact) mass is 259 g/mol. The van der Waals surface area contributed by atoms with Crippen molar-refractivity contribution < 1.29 is 0 Å². The summed E-state index contributed by atoms with van der Waals surface area (Å²) in [6.07, 6.45) is 1.23. The van der Waals surface area contributed by atoms with E-state index >= 15 is 0 Å². The van der Waals surface area contributed by atoms with Gasteiger partial charge in [-0.3, -0.25) is 4.90 Å². The fourth-order valence-electron chi connectivity index (χ4n) is 2.66. The molecular weight excluding hydrogens is 238 g/mol. The van der Waals surface area contributed by atoms with E-state index in [2.05, 4.69) is 26.7 Å². The van der Waals surface area contributed by atoms with E-state index in [1.807, 2.05) is 18.2 Å². The van der Waals surface area contributed by atoms with E-state index in [1.165, 1.54) is 13.0 Å². The number of H-pyrrole nitrogens is 1. The molecule has 5 nitrogen and oxygen atoms in total. The molecule has 19 heavy (non-hydrogen) atoms. The summed E-state index contributed by atoms with van der Waals surface area (Å²) in [5.74, 6) is 0.969. The zero-order valence-electron chi connectivity index (χ0n) is 11.4. The molecule has 3 N–H and O–H groups in total. The molecule has 1 saturated heterocycles. The van der Waals surface area contributed by atoms with E-state index in [-0.39, 0.29) is 0 Å². The second-order valence-corrected chi connectivity index (χ2v) is 5.17. The van der Waals surface area contributed by atoms with Gasteiger partial charge in [-0.1, -0.05) is 6.92 Å².